The van der Waals surface area contributed by atoms with Gasteiger partial charge in [0.25, 0.3) is 0 Å². The molecule has 0 atom stereocenters. The topological polar surface area (TPSA) is 28.0 Å². The van der Waals surface area contributed by atoms with Gasteiger partial charge in [-0.2, -0.15) is 0 Å². The molecule has 0 aliphatic carbocycles. The van der Waals surface area contributed by atoms with Gasteiger partial charge in [0.05, 0.1) is 5.69 Å². The maximum absolute atomic E-state index is 4.21. The fourth-order valence-corrected chi connectivity index (χ4v) is 1.86. The highest BCUT2D eigenvalue weighted by Crippen LogP contribution is 2.13. The van der Waals surface area contributed by atoms with Crippen LogP contribution in [-0.2, 0) is 0 Å². The van der Waals surface area contributed by atoms with E-state index in [4.69, 9.17) is 0 Å². The van der Waals surface area contributed by atoms with E-state index in [0.29, 0.717) is 0 Å². The summed E-state index contributed by atoms with van der Waals surface area (Å²) in [6.07, 6.45) is 0. The Bertz CT molecular complexity index is 471. The molecule has 3 nitrogen and oxygen atoms in total. The molecule has 0 amide bonds. The molecule has 4 heteroatoms. The van der Waals surface area contributed by atoms with Crippen LogP contribution >= 0.6 is 0 Å². The van der Waals surface area contributed by atoms with E-state index in [1.165, 1.54) is 0 Å². The smallest absolute Gasteiger partial charge is 0.129 e. The maximum Gasteiger partial charge on any atom is 0.129 e. The van der Waals surface area contributed by atoms with Gasteiger partial charge in [-0.1, -0.05) is 30.8 Å². The molecule has 0 aromatic heterocycles. The van der Waals surface area contributed by atoms with Gasteiger partial charge in [0, 0.05) is 18.7 Å². The van der Waals surface area contributed by atoms with Crippen molar-refractivity contribution in [2.45, 2.75) is 33.5 Å². The zero-order chi connectivity index (χ0) is 14.3. The number of hydrogen-bond acceptors (Lipinski definition) is 2. The summed E-state index contributed by atoms with van der Waals surface area (Å²) >= 11 is 0. The first-order valence-electron chi connectivity index (χ1n) is 6.74. The third kappa shape index (κ3) is 6.21. The SMILES string of the molecule is CCN(CC)N=Nc1ccc(C#C[Si](C)(C)C)cc1. The Morgan fingerprint density at radius 2 is 1.63 bits per heavy atom. The fourth-order valence-electron chi connectivity index (χ4n) is 1.34. The summed E-state index contributed by atoms with van der Waals surface area (Å²) in [5.74, 6) is 3.23. The molecular weight excluding hydrogens is 250 g/mol. The normalized spacial score (nSPS) is 11.2. The lowest BCUT2D eigenvalue weighted by Gasteiger charge is -2.10. The van der Waals surface area contributed by atoms with Gasteiger partial charge in [-0.15, -0.1) is 10.7 Å². The van der Waals surface area contributed by atoms with Crippen LogP contribution in [0.5, 0.6) is 0 Å². The lowest BCUT2D eigenvalue weighted by molar-refractivity contribution is 0.301. The average Bonchev–Trinajstić information content (AvgIpc) is 2.38. The van der Waals surface area contributed by atoms with Crippen molar-refractivity contribution in [2.24, 2.45) is 10.3 Å². The highest BCUT2D eigenvalue weighted by Gasteiger charge is 2.07. The summed E-state index contributed by atoms with van der Waals surface area (Å²) in [7, 11) is -1.30. The van der Waals surface area contributed by atoms with Gasteiger partial charge < -0.3 is 0 Å². The third-order valence-corrected chi connectivity index (χ3v) is 3.34. The van der Waals surface area contributed by atoms with Crippen molar-refractivity contribution in [1.82, 2.24) is 5.01 Å². The molecule has 0 bridgehead atoms. The third-order valence-electron chi connectivity index (χ3n) is 2.47. The van der Waals surface area contributed by atoms with Gasteiger partial charge in [0.1, 0.15) is 8.07 Å². The van der Waals surface area contributed by atoms with Gasteiger partial charge in [-0.25, -0.2) is 0 Å². The van der Waals surface area contributed by atoms with Crippen LogP contribution in [0.4, 0.5) is 5.69 Å². The maximum atomic E-state index is 4.21. The van der Waals surface area contributed by atoms with Crippen molar-refractivity contribution in [1.29, 1.82) is 0 Å². The molecular formula is C15H23N3Si. The molecule has 0 aliphatic rings. The summed E-state index contributed by atoms with van der Waals surface area (Å²) < 4.78 is 0. The van der Waals surface area contributed by atoms with Crippen molar-refractivity contribution < 1.29 is 0 Å². The first-order chi connectivity index (χ1) is 8.94. The van der Waals surface area contributed by atoms with Crippen molar-refractivity contribution in [3.8, 4) is 11.5 Å². The lowest BCUT2D eigenvalue weighted by Crippen LogP contribution is -2.16. The fraction of sp³-hybridized carbons (Fsp3) is 0.467. The molecule has 0 N–H and O–H groups in total. The molecule has 1 rings (SSSR count). The second-order valence-electron chi connectivity index (χ2n) is 5.38. The van der Waals surface area contributed by atoms with Crippen LogP contribution in [0.1, 0.15) is 19.4 Å². The Morgan fingerprint density at radius 3 is 2.11 bits per heavy atom. The first kappa shape index (κ1) is 15.5. The second kappa shape index (κ2) is 7.10. The van der Waals surface area contributed by atoms with E-state index < -0.39 is 8.07 Å². The van der Waals surface area contributed by atoms with Gasteiger partial charge in [0.2, 0.25) is 0 Å². The van der Waals surface area contributed by atoms with Crippen LogP contribution in [0, 0.1) is 11.5 Å². The zero-order valence-corrected chi connectivity index (χ0v) is 13.6. The van der Waals surface area contributed by atoms with E-state index in [1.54, 1.807) is 0 Å². The number of hydrogen-bond donors (Lipinski definition) is 0. The monoisotopic (exact) mass is 273 g/mol. The van der Waals surface area contributed by atoms with E-state index in [0.717, 1.165) is 24.3 Å². The molecule has 1 aromatic carbocycles. The van der Waals surface area contributed by atoms with Gasteiger partial charge >= 0.3 is 0 Å². The van der Waals surface area contributed by atoms with Crippen molar-refractivity contribution >= 4 is 13.8 Å². The Labute approximate surface area is 117 Å². The van der Waals surface area contributed by atoms with E-state index in [9.17, 15) is 0 Å². The van der Waals surface area contributed by atoms with Crippen LogP contribution in [0.25, 0.3) is 0 Å². The number of benzene rings is 1. The van der Waals surface area contributed by atoms with E-state index in [2.05, 4.69) is 55.3 Å². The summed E-state index contributed by atoms with van der Waals surface area (Å²) in [6.45, 7) is 12.6. The molecule has 0 unspecified atom stereocenters. The standard InChI is InChI=1S/C15H23N3Si/c1-6-18(7-2)17-16-15-10-8-14(9-11-15)12-13-19(3,4)5/h8-11H,6-7H2,1-5H3. The highest BCUT2D eigenvalue weighted by atomic mass is 28.3. The van der Waals surface area contributed by atoms with Crippen molar-refractivity contribution in [2.75, 3.05) is 13.1 Å². The zero-order valence-electron chi connectivity index (χ0n) is 12.6. The Balaban J connectivity index is 2.74. The van der Waals surface area contributed by atoms with Gasteiger partial charge in [0.15, 0.2) is 0 Å². The van der Waals surface area contributed by atoms with Crippen molar-refractivity contribution in [3.05, 3.63) is 29.8 Å². The quantitative estimate of drug-likeness (QED) is 0.349. The lowest BCUT2D eigenvalue weighted by atomic mass is 10.2. The highest BCUT2D eigenvalue weighted by molar-refractivity contribution is 6.83. The molecule has 0 spiro atoms. The minimum Gasteiger partial charge on any atom is -0.279 e. The van der Waals surface area contributed by atoms with Crippen LogP contribution in [0.2, 0.25) is 19.6 Å². The molecule has 0 radical (unpaired) electrons. The van der Waals surface area contributed by atoms with Gasteiger partial charge in [-0.3, -0.25) is 5.01 Å². The molecule has 1 aromatic rings. The van der Waals surface area contributed by atoms with E-state index in [-0.39, 0.29) is 0 Å². The molecule has 0 fully saturated rings. The Kier molecular flexibility index (Phi) is 5.78. The molecule has 19 heavy (non-hydrogen) atoms. The number of rotatable bonds is 4. The summed E-state index contributed by atoms with van der Waals surface area (Å²) in [4.78, 5) is 0. The average molecular weight is 273 g/mol. The van der Waals surface area contributed by atoms with Crippen LogP contribution in [-0.4, -0.2) is 26.2 Å². The minimum absolute atomic E-state index is 0.866. The largest absolute Gasteiger partial charge is 0.279 e. The van der Waals surface area contributed by atoms with Crippen LogP contribution in [0.15, 0.2) is 34.6 Å². The Hall–Kier alpha value is -1.60. The summed E-state index contributed by atoms with van der Waals surface area (Å²) in [5, 5.41) is 10.3. The van der Waals surface area contributed by atoms with Crippen LogP contribution < -0.4 is 0 Å². The van der Waals surface area contributed by atoms with E-state index in [1.807, 2.05) is 29.3 Å². The van der Waals surface area contributed by atoms with Crippen molar-refractivity contribution in [3.63, 3.8) is 0 Å². The number of nitrogens with zero attached hydrogens (tertiary/aromatic N) is 3. The minimum atomic E-state index is -1.30. The van der Waals surface area contributed by atoms with Crippen LogP contribution in [0.3, 0.4) is 0 Å². The summed E-state index contributed by atoms with van der Waals surface area (Å²) in [5.41, 5.74) is 5.26. The predicted molar refractivity (Wildman–Crippen MR) is 84.1 cm³/mol. The molecule has 0 aliphatic heterocycles. The summed E-state index contributed by atoms with van der Waals surface area (Å²) in [6, 6.07) is 7.93. The molecule has 0 saturated carbocycles. The predicted octanol–water partition coefficient (Wildman–Crippen LogP) is 4.26. The second-order valence-corrected chi connectivity index (χ2v) is 10.1. The Morgan fingerprint density at radius 1 is 1.05 bits per heavy atom. The van der Waals surface area contributed by atoms with Gasteiger partial charge in [-0.05, 0) is 38.1 Å². The molecule has 0 heterocycles. The van der Waals surface area contributed by atoms with E-state index >= 15 is 0 Å². The first-order valence-corrected chi connectivity index (χ1v) is 10.2. The molecule has 102 valence electrons. The molecule has 0 saturated heterocycles.